The first-order chi connectivity index (χ1) is 16.3. The van der Waals surface area contributed by atoms with Crippen molar-refractivity contribution < 1.29 is 31.2 Å². The largest absolute Gasteiger partial charge is 0.417 e. The van der Waals surface area contributed by atoms with Crippen LogP contribution in [0.3, 0.4) is 0 Å². The summed E-state index contributed by atoms with van der Waals surface area (Å²) in [4.78, 5) is 24.4. The molecule has 0 fully saturated rings. The highest BCUT2D eigenvalue weighted by Gasteiger charge is 2.33. The monoisotopic (exact) mass is 526 g/mol. The fourth-order valence-corrected chi connectivity index (χ4v) is 3.64. The number of rotatable bonds is 6. The van der Waals surface area contributed by atoms with Gasteiger partial charge in [-0.1, -0.05) is 23.7 Å². The number of nitrogens with one attached hydrogen (secondary N) is 3. The maximum absolute atomic E-state index is 13.0. The summed E-state index contributed by atoms with van der Waals surface area (Å²) >= 11 is 5.56. The Morgan fingerprint density at radius 1 is 0.886 bits per heavy atom. The van der Waals surface area contributed by atoms with Crippen LogP contribution < -0.4 is 21.1 Å². The lowest BCUT2D eigenvalue weighted by Crippen LogP contribution is -2.23. The van der Waals surface area contributed by atoms with Crippen molar-refractivity contribution in [2.24, 2.45) is 5.14 Å². The third-order valence-electron chi connectivity index (χ3n) is 4.64. The molecule has 0 spiro atoms. The van der Waals surface area contributed by atoms with E-state index in [1.165, 1.54) is 54.6 Å². The van der Waals surface area contributed by atoms with Crippen LogP contribution in [0.25, 0.3) is 0 Å². The Labute approximate surface area is 203 Å². The van der Waals surface area contributed by atoms with Gasteiger partial charge < -0.3 is 16.0 Å². The maximum atomic E-state index is 13.0. The number of carbonyl (C=O) groups is 2. The van der Waals surface area contributed by atoms with Crippen molar-refractivity contribution >= 4 is 44.9 Å². The molecule has 3 amide bonds. The fraction of sp³-hybridized carbons (Fsp3) is 0.0909. The molecule has 0 aliphatic carbocycles. The number of nitrogens with two attached hydrogens (primary N) is 1. The van der Waals surface area contributed by atoms with Crippen LogP contribution in [0.2, 0.25) is 5.02 Å². The van der Waals surface area contributed by atoms with Crippen molar-refractivity contribution in [2.45, 2.75) is 17.6 Å². The van der Waals surface area contributed by atoms with Gasteiger partial charge in [-0.15, -0.1) is 0 Å². The molecule has 0 atom stereocenters. The molecule has 0 aliphatic heterocycles. The van der Waals surface area contributed by atoms with E-state index in [-0.39, 0.29) is 22.7 Å². The minimum atomic E-state index is -4.67. The molecule has 3 aromatic carbocycles. The van der Waals surface area contributed by atoms with Gasteiger partial charge in [0, 0.05) is 23.5 Å². The van der Waals surface area contributed by atoms with Gasteiger partial charge in [0.05, 0.1) is 15.5 Å². The average Bonchev–Trinajstić information content (AvgIpc) is 2.78. The van der Waals surface area contributed by atoms with Crippen LogP contribution in [-0.2, 0) is 22.7 Å². The topological polar surface area (TPSA) is 130 Å². The summed E-state index contributed by atoms with van der Waals surface area (Å²) in [5, 5.41) is 12.0. The normalized spacial score (nSPS) is 11.6. The van der Waals surface area contributed by atoms with Crippen molar-refractivity contribution in [1.82, 2.24) is 5.32 Å². The number of benzene rings is 3. The molecule has 3 aromatic rings. The molecular weight excluding hydrogens is 509 g/mol. The SMILES string of the molecule is NS(=O)(=O)c1ccc(CNC(=O)c2ccc(NC(=O)Nc3ccc(Cl)c(C(F)(F)F)c3)cc2)cc1. The van der Waals surface area contributed by atoms with Gasteiger partial charge in [0.15, 0.2) is 0 Å². The number of carbonyl (C=O) groups excluding carboxylic acids is 2. The lowest BCUT2D eigenvalue weighted by atomic mass is 10.1. The van der Waals surface area contributed by atoms with E-state index in [0.717, 1.165) is 12.1 Å². The van der Waals surface area contributed by atoms with Gasteiger partial charge >= 0.3 is 12.2 Å². The molecule has 8 nitrogen and oxygen atoms in total. The van der Waals surface area contributed by atoms with Crippen molar-refractivity contribution in [3.8, 4) is 0 Å². The molecule has 0 unspecified atom stereocenters. The Bertz CT molecular complexity index is 1350. The van der Waals surface area contributed by atoms with Crippen LogP contribution in [0.1, 0.15) is 21.5 Å². The van der Waals surface area contributed by atoms with Crippen LogP contribution in [0.5, 0.6) is 0 Å². The molecule has 5 N–H and O–H groups in total. The fourth-order valence-electron chi connectivity index (χ4n) is 2.90. The number of halogens is 4. The summed E-state index contributed by atoms with van der Waals surface area (Å²) in [5.74, 6) is -0.419. The molecule has 0 radical (unpaired) electrons. The summed E-state index contributed by atoms with van der Waals surface area (Å²) < 4.78 is 61.4. The third-order valence-corrected chi connectivity index (χ3v) is 5.90. The Hall–Kier alpha value is -3.61. The van der Waals surface area contributed by atoms with E-state index in [4.69, 9.17) is 16.7 Å². The zero-order valence-electron chi connectivity index (χ0n) is 17.7. The van der Waals surface area contributed by atoms with Gasteiger partial charge in [-0.3, -0.25) is 4.79 Å². The molecule has 0 aliphatic rings. The van der Waals surface area contributed by atoms with E-state index in [9.17, 15) is 31.2 Å². The molecule has 13 heteroatoms. The minimum absolute atomic E-state index is 0.0449. The summed E-state index contributed by atoms with van der Waals surface area (Å²) in [6.45, 7) is 0.132. The maximum Gasteiger partial charge on any atom is 0.417 e. The Balaban J connectivity index is 1.56. The number of hydrogen-bond donors (Lipinski definition) is 4. The third kappa shape index (κ3) is 7.18. The van der Waals surface area contributed by atoms with Gasteiger partial charge in [0.25, 0.3) is 5.91 Å². The number of alkyl halides is 3. The standard InChI is InChI=1S/C22H18ClF3N4O4S/c23-19-10-7-16(11-18(19)22(24,25)26)30-21(32)29-15-5-3-14(4-6-15)20(31)28-12-13-1-8-17(9-2-13)35(27,33)34/h1-11H,12H2,(H,28,31)(H2,27,33,34)(H2,29,30,32). The smallest absolute Gasteiger partial charge is 0.348 e. The molecule has 35 heavy (non-hydrogen) atoms. The van der Waals surface area contributed by atoms with Crippen LogP contribution in [0.15, 0.2) is 71.6 Å². The second-order valence-electron chi connectivity index (χ2n) is 7.22. The molecule has 184 valence electrons. The van der Waals surface area contributed by atoms with Gasteiger partial charge in [-0.2, -0.15) is 13.2 Å². The zero-order chi connectivity index (χ0) is 25.8. The highest BCUT2D eigenvalue weighted by atomic mass is 35.5. The second-order valence-corrected chi connectivity index (χ2v) is 9.19. The van der Waals surface area contributed by atoms with E-state index >= 15 is 0 Å². The summed E-state index contributed by atoms with van der Waals surface area (Å²) in [6, 6.07) is 13.7. The number of urea groups is 1. The van der Waals surface area contributed by atoms with Crippen LogP contribution >= 0.6 is 11.6 Å². The zero-order valence-corrected chi connectivity index (χ0v) is 19.3. The summed E-state index contributed by atoms with van der Waals surface area (Å²) in [6.07, 6.45) is -4.67. The van der Waals surface area contributed by atoms with Gasteiger partial charge in [0.1, 0.15) is 0 Å². The molecule has 0 saturated carbocycles. The number of hydrogen-bond acceptors (Lipinski definition) is 4. The van der Waals surface area contributed by atoms with Crippen LogP contribution in [-0.4, -0.2) is 20.4 Å². The summed E-state index contributed by atoms with van der Waals surface area (Å²) in [7, 11) is -3.81. The lowest BCUT2D eigenvalue weighted by Gasteiger charge is -2.12. The Morgan fingerprint density at radius 3 is 2.03 bits per heavy atom. The minimum Gasteiger partial charge on any atom is -0.348 e. The average molecular weight is 527 g/mol. The predicted octanol–water partition coefficient (Wildman–Crippen LogP) is 4.58. The molecule has 0 heterocycles. The molecule has 3 rings (SSSR count). The van der Waals surface area contributed by atoms with Crippen molar-refractivity contribution in [3.63, 3.8) is 0 Å². The van der Waals surface area contributed by atoms with Gasteiger partial charge in [-0.25, -0.2) is 18.4 Å². The highest BCUT2D eigenvalue weighted by molar-refractivity contribution is 7.89. The molecule has 0 aromatic heterocycles. The van der Waals surface area contributed by atoms with E-state index in [2.05, 4.69) is 16.0 Å². The second kappa shape index (κ2) is 10.3. The van der Waals surface area contributed by atoms with Crippen LogP contribution in [0.4, 0.5) is 29.3 Å². The lowest BCUT2D eigenvalue weighted by molar-refractivity contribution is -0.137. The first-order valence-electron chi connectivity index (χ1n) is 9.78. The quantitative estimate of drug-likeness (QED) is 0.374. The van der Waals surface area contributed by atoms with E-state index < -0.39 is 38.7 Å². The highest BCUT2D eigenvalue weighted by Crippen LogP contribution is 2.36. The van der Waals surface area contributed by atoms with Gasteiger partial charge in [0.2, 0.25) is 10.0 Å². The number of sulfonamides is 1. The van der Waals surface area contributed by atoms with Gasteiger partial charge in [-0.05, 0) is 60.2 Å². The number of anilines is 2. The van der Waals surface area contributed by atoms with E-state index in [0.29, 0.717) is 11.3 Å². The number of primary sulfonamides is 1. The van der Waals surface area contributed by atoms with Crippen molar-refractivity contribution in [3.05, 3.63) is 88.4 Å². The Kier molecular flexibility index (Phi) is 7.68. The molecular formula is C22H18ClF3N4O4S. The number of amides is 3. The van der Waals surface area contributed by atoms with Crippen LogP contribution in [0, 0.1) is 0 Å². The predicted molar refractivity (Wildman–Crippen MR) is 125 cm³/mol. The van der Waals surface area contributed by atoms with E-state index in [1.807, 2.05) is 0 Å². The van der Waals surface area contributed by atoms with Crippen molar-refractivity contribution in [2.75, 3.05) is 10.6 Å². The first kappa shape index (κ1) is 26.0. The van der Waals surface area contributed by atoms with Crippen molar-refractivity contribution in [1.29, 1.82) is 0 Å². The summed E-state index contributed by atoms with van der Waals surface area (Å²) in [5.41, 5.74) is 0.0452. The molecule has 0 bridgehead atoms. The first-order valence-corrected chi connectivity index (χ1v) is 11.7. The Morgan fingerprint density at radius 2 is 1.46 bits per heavy atom. The molecule has 0 saturated heterocycles. The van der Waals surface area contributed by atoms with E-state index in [1.54, 1.807) is 0 Å².